The van der Waals surface area contributed by atoms with Crippen LogP contribution in [0.15, 0.2) is 22.7 Å². The Morgan fingerprint density at radius 1 is 1.21 bits per heavy atom. The van der Waals surface area contributed by atoms with Gasteiger partial charge in [0.15, 0.2) is 0 Å². The van der Waals surface area contributed by atoms with Gasteiger partial charge in [0.05, 0.1) is 5.41 Å². The van der Waals surface area contributed by atoms with Crippen LogP contribution in [0.5, 0.6) is 0 Å². The molecule has 0 saturated heterocycles. The number of hydrogen-bond donors (Lipinski definition) is 1. The smallest absolute Gasteiger partial charge is 0.234 e. The monoisotopic (exact) mass is 260 g/mol. The summed E-state index contributed by atoms with van der Waals surface area (Å²) >= 11 is 0. The van der Waals surface area contributed by atoms with Crippen molar-refractivity contribution in [1.29, 1.82) is 0 Å². The molecule has 2 N–H and O–H groups in total. The summed E-state index contributed by atoms with van der Waals surface area (Å²) in [5, 5.41) is 4.03. The lowest BCUT2D eigenvalue weighted by Crippen LogP contribution is -2.34. The van der Waals surface area contributed by atoms with Gasteiger partial charge in [0.1, 0.15) is 5.69 Å². The van der Waals surface area contributed by atoms with Gasteiger partial charge in [-0.3, -0.25) is 0 Å². The van der Waals surface area contributed by atoms with Gasteiger partial charge in [-0.15, -0.1) is 0 Å². The third kappa shape index (κ3) is 2.51. The highest BCUT2D eigenvalue weighted by Crippen LogP contribution is 2.30. The predicted molar refractivity (Wildman–Crippen MR) is 73.6 cm³/mol. The van der Waals surface area contributed by atoms with Gasteiger partial charge in [-0.1, -0.05) is 25.1 Å². The van der Waals surface area contributed by atoms with Gasteiger partial charge in [-0.25, -0.2) is 4.98 Å². The lowest BCUT2D eigenvalue weighted by Gasteiger charge is -2.24. The van der Waals surface area contributed by atoms with Crippen LogP contribution in [0.3, 0.4) is 0 Å². The maximum Gasteiger partial charge on any atom is 0.234 e. The van der Waals surface area contributed by atoms with Crippen LogP contribution in [0, 0.1) is 6.92 Å². The summed E-state index contributed by atoms with van der Waals surface area (Å²) in [7, 11) is 0. The first-order valence-electron chi connectivity index (χ1n) is 6.63. The van der Waals surface area contributed by atoms with Gasteiger partial charge in [-0.2, -0.15) is 4.98 Å². The molecule has 2 aromatic heterocycles. The molecule has 0 radical (unpaired) electrons. The first-order valence-corrected chi connectivity index (χ1v) is 6.63. The Morgan fingerprint density at radius 3 is 2.53 bits per heavy atom. The molecule has 102 valence electrons. The van der Waals surface area contributed by atoms with Gasteiger partial charge in [0.25, 0.3) is 0 Å². The summed E-state index contributed by atoms with van der Waals surface area (Å²) in [6, 6.07) is 5.75. The van der Waals surface area contributed by atoms with Crippen molar-refractivity contribution < 1.29 is 4.52 Å². The molecule has 5 heteroatoms. The number of rotatable bonds is 5. The normalized spacial score (nSPS) is 11.8. The lowest BCUT2D eigenvalue weighted by molar-refractivity contribution is 0.267. The largest absolute Gasteiger partial charge is 0.338 e. The average Bonchev–Trinajstić information content (AvgIpc) is 2.92. The fraction of sp³-hybridized carbons (Fsp3) is 0.500. The number of nitrogens with zero attached hydrogens (tertiary/aromatic N) is 3. The van der Waals surface area contributed by atoms with E-state index < -0.39 is 0 Å². The summed E-state index contributed by atoms with van der Waals surface area (Å²) in [5.74, 6) is 1.14. The summed E-state index contributed by atoms with van der Waals surface area (Å²) in [6.07, 6.45) is 1.76. The SMILES string of the molecule is CCC(CC)(CN)c1nc(-c2cccc(C)n2)no1. The van der Waals surface area contributed by atoms with Gasteiger partial charge < -0.3 is 10.3 Å². The second kappa shape index (κ2) is 5.48. The first-order chi connectivity index (χ1) is 9.15. The molecule has 0 saturated carbocycles. The van der Waals surface area contributed by atoms with E-state index in [9.17, 15) is 0 Å². The molecule has 0 aliphatic heterocycles. The Bertz CT molecular complexity index is 538. The molecule has 0 fully saturated rings. The van der Waals surface area contributed by atoms with Gasteiger partial charge >= 0.3 is 0 Å². The number of nitrogens with two attached hydrogens (primary N) is 1. The van der Waals surface area contributed by atoms with E-state index in [4.69, 9.17) is 10.3 Å². The summed E-state index contributed by atoms with van der Waals surface area (Å²) in [6.45, 7) is 6.62. The van der Waals surface area contributed by atoms with E-state index >= 15 is 0 Å². The molecule has 19 heavy (non-hydrogen) atoms. The van der Waals surface area contributed by atoms with Crippen LogP contribution >= 0.6 is 0 Å². The Labute approximate surface area is 113 Å². The van der Waals surface area contributed by atoms with Crippen molar-refractivity contribution in [3.63, 3.8) is 0 Å². The summed E-state index contributed by atoms with van der Waals surface area (Å²) < 4.78 is 5.42. The minimum absolute atomic E-state index is 0.227. The first kappa shape index (κ1) is 13.7. The molecular weight excluding hydrogens is 240 g/mol. The van der Waals surface area contributed by atoms with Crippen molar-refractivity contribution in [3.8, 4) is 11.5 Å². The third-order valence-electron chi connectivity index (χ3n) is 3.74. The van der Waals surface area contributed by atoms with Crippen molar-refractivity contribution in [2.45, 2.75) is 39.0 Å². The number of aromatic nitrogens is 3. The standard InChI is InChI=1S/C14H20N4O/c1-4-14(5-2,9-15)13-17-12(18-19-13)11-8-6-7-10(3)16-11/h6-8H,4-5,9,15H2,1-3H3. The highest BCUT2D eigenvalue weighted by atomic mass is 16.5. The zero-order valence-electron chi connectivity index (χ0n) is 11.7. The lowest BCUT2D eigenvalue weighted by atomic mass is 9.82. The molecule has 2 aromatic rings. The van der Waals surface area contributed by atoms with E-state index in [1.807, 2.05) is 25.1 Å². The van der Waals surface area contributed by atoms with E-state index in [2.05, 4.69) is 29.0 Å². The molecule has 5 nitrogen and oxygen atoms in total. The van der Waals surface area contributed by atoms with E-state index in [-0.39, 0.29) is 5.41 Å². The zero-order valence-corrected chi connectivity index (χ0v) is 11.7. The maximum atomic E-state index is 5.89. The Morgan fingerprint density at radius 2 is 1.95 bits per heavy atom. The van der Waals surface area contributed by atoms with Crippen LogP contribution in [-0.2, 0) is 5.41 Å². The third-order valence-corrected chi connectivity index (χ3v) is 3.74. The molecule has 0 aliphatic carbocycles. The van der Waals surface area contributed by atoms with E-state index in [0.717, 1.165) is 24.2 Å². The molecule has 0 spiro atoms. The second-order valence-electron chi connectivity index (χ2n) is 4.78. The topological polar surface area (TPSA) is 77.8 Å². The fourth-order valence-corrected chi connectivity index (χ4v) is 2.14. The summed E-state index contributed by atoms with van der Waals surface area (Å²) in [4.78, 5) is 8.89. The van der Waals surface area contributed by atoms with Crippen LogP contribution in [0.2, 0.25) is 0 Å². The zero-order chi connectivity index (χ0) is 13.9. The maximum absolute atomic E-state index is 5.89. The molecule has 0 bridgehead atoms. The van der Waals surface area contributed by atoms with Gasteiger partial charge in [0, 0.05) is 12.2 Å². The number of hydrogen-bond acceptors (Lipinski definition) is 5. The van der Waals surface area contributed by atoms with Crippen LogP contribution in [0.25, 0.3) is 11.5 Å². The minimum atomic E-state index is -0.227. The molecule has 2 heterocycles. The molecule has 0 aromatic carbocycles. The van der Waals surface area contributed by atoms with Crippen molar-refractivity contribution in [3.05, 3.63) is 29.8 Å². The Kier molecular flexibility index (Phi) is 3.95. The fourth-order valence-electron chi connectivity index (χ4n) is 2.14. The van der Waals surface area contributed by atoms with Crippen LogP contribution in [-0.4, -0.2) is 21.7 Å². The van der Waals surface area contributed by atoms with E-state index in [1.54, 1.807) is 0 Å². The van der Waals surface area contributed by atoms with Crippen LogP contribution in [0.1, 0.15) is 38.3 Å². The number of pyridine rings is 1. The quantitative estimate of drug-likeness (QED) is 0.893. The van der Waals surface area contributed by atoms with Gasteiger partial charge in [-0.05, 0) is 31.9 Å². The molecular formula is C14H20N4O. The number of aryl methyl sites for hydroxylation is 1. The average molecular weight is 260 g/mol. The van der Waals surface area contributed by atoms with E-state index in [0.29, 0.717) is 18.3 Å². The molecule has 0 aliphatic rings. The van der Waals surface area contributed by atoms with Crippen molar-refractivity contribution >= 4 is 0 Å². The second-order valence-corrected chi connectivity index (χ2v) is 4.78. The minimum Gasteiger partial charge on any atom is -0.338 e. The van der Waals surface area contributed by atoms with Crippen LogP contribution in [0.4, 0.5) is 0 Å². The molecule has 2 rings (SSSR count). The molecule has 0 unspecified atom stereocenters. The van der Waals surface area contributed by atoms with Crippen molar-refractivity contribution in [1.82, 2.24) is 15.1 Å². The highest BCUT2D eigenvalue weighted by molar-refractivity contribution is 5.48. The van der Waals surface area contributed by atoms with Gasteiger partial charge in [0.2, 0.25) is 11.7 Å². The Hall–Kier alpha value is -1.75. The predicted octanol–water partition coefficient (Wildman–Crippen LogP) is 2.46. The summed E-state index contributed by atoms with van der Waals surface area (Å²) in [5.41, 5.74) is 7.32. The van der Waals surface area contributed by atoms with Crippen molar-refractivity contribution in [2.75, 3.05) is 6.54 Å². The van der Waals surface area contributed by atoms with Crippen molar-refractivity contribution in [2.24, 2.45) is 5.73 Å². The Balaban J connectivity index is 2.38. The highest BCUT2D eigenvalue weighted by Gasteiger charge is 2.33. The molecule has 0 amide bonds. The molecule has 0 atom stereocenters. The van der Waals surface area contributed by atoms with E-state index in [1.165, 1.54) is 0 Å². The van der Waals surface area contributed by atoms with Crippen LogP contribution < -0.4 is 5.73 Å².